The Morgan fingerprint density at radius 3 is 0.946 bits per heavy atom. The van der Waals surface area contributed by atoms with Crippen LogP contribution in [0.4, 0.5) is 0 Å². The van der Waals surface area contributed by atoms with Gasteiger partial charge in [0.25, 0.3) is 0 Å². The van der Waals surface area contributed by atoms with Crippen molar-refractivity contribution in [1.29, 1.82) is 0 Å². The van der Waals surface area contributed by atoms with E-state index in [-0.39, 0.29) is 0 Å². The molecule has 0 fully saturated rings. The second kappa shape index (κ2) is 29.9. The van der Waals surface area contributed by atoms with Crippen molar-refractivity contribution in [3.63, 3.8) is 0 Å². The third kappa shape index (κ3) is 11.9. The summed E-state index contributed by atoms with van der Waals surface area (Å²) in [4.78, 5) is 30.5. The summed E-state index contributed by atoms with van der Waals surface area (Å²) in [5.41, 5.74) is 26.5. The molecule has 9 nitrogen and oxygen atoms in total. The van der Waals surface area contributed by atoms with Gasteiger partial charge in [-0.15, -0.1) is 0 Å². The maximum Gasteiger partial charge on any atom is 0.143 e. The quantitative estimate of drug-likeness (QED) is 0.144. The molecule has 0 N–H and O–H groups in total. The van der Waals surface area contributed by atoms with Crippen LogP contribution in [0.15, 0.2) is 432 Å². The Morgan fingerprint density at radius 1 is 0.177 bits per heavy atom. The van der Waals surface area contributed by atoms with Crippen LogP contribution in [-0.2, 0) is 0 Å². The molecule has 0 radical (unpaired) electrons. The SMILES string of the molecule is Cc1cc2ccccc2c2c1oc1c(-c3cccc(-c4cnc5c6ccccc6c6ccccc6c5n4)c3)cccc12.c1ccc(-c2cc3ccccc3c3c2oc2c(-c4cccc(-c5cnc6c7ccccc7c7ccccc7c6n5)c4)cccc23)cc1.c1ccc2c(c1)ccc1oc3c(-c4ccc(-c5cnc6c7ccccc7c7ccccc7c6n5)cc4)cccc3c12. The van der Waals surface area contributed by atoms with Crippen molar-refractivity contribution in [1.82, 2.24) is 29.9 Å². The van der Waals surface area contributed by atoms with Crippen LogP contribution >= 0.6 is 0 Å². The number of fused-ring (bicyclic) bond motifs is 33. The summed E-state index contributed by atoms with van der Waals surface area (Å²) in [7, 11) is 0. The van der Waals surface area contributed by atoms with Crippen LogP contribution in [0.3, 0.4) is 0 Å². The van der Waals surface area contributed by atoms with Gasteiger partial charge < -0.3 is 13.3 Å². The van der Waals surface area contributed by atoms with Crippen LogP contribution in [0, 0.1) is 6.92 Å². The lowest BCUT2D eigenvalue weighted by Gasteiger charge is -2.11. The van der Waals surface area contributed by atoms with E-state index in [0.29, 0.717) is 0 Å². The summed E-state index contributed by atoms with van der Waals surface area (Å²) in [6, 6.07) is 141. The summed E-state index contributed by atoms with van der Waals surface area (Å²) in [5, 5.41) is 28.1. The lowest BCUT2D eigenvalue weighted by Crippen LogP contribution is -1.92. The van der Waals surface area contributed by atoms with Gasteiger partial charge >= 0.3 is 0 Å². The first-order chi connectivity index (χ1) is 64.4. The molecule has 0 saturated heterocycles. The van der Waals surface area contributed by atoms with Crippen molar-refractivity contribution < 1.29 is 13.3 Å². The second-order valence-corrected chi connectivity index (χ2v) is 33.7. The monoisotopic (exact) mass is 1660 g/mol. The predicted octanol–water partition coefficient (Wildman–Crippen LogP) is 32.9. The first-order valence-corrected chi connectivity index (χ1v) is 44.0. The standard InChI is InChI=1S/C44H26N2O.C39H24N2O.C38H22N2O/c1-2-12-27(13-3-1)38-25-29-14-4-5-17-31(29)40-37-23-11-22-32(43(37)47-44(38)40)28-15-10-16-30(24-28)39-26-45-41-35-20-8-6-18-33(35)34-19-7-9-21-36(34)42(41)46-39;1-23-20-24-10-2-3-13-27(24)35-33-19-9-18-28(39(33)42-38(23)35)25-11-8-12-26(21-25)34-22-40-36-31-16-6-4-14-29(31)30-15-5-7-17-32(30)37(36)41-34;1-2-9-26-23(8-1)20-21-34-35(26)32-15-7-14-27(38(32)41-34)24-16-18-25(19-17-24)33-22-39-36-30-12-5-3-10-28(30)29-11-4-6-13-31(29)37(36)40-33/h1-26H;2-22H,1H3;1-22H. The number of aryl methyl sites for hydroxylation is 1. The highest BCUT2D eigenvalue weighted by Gasteiger charge is 2.24. The molecule has 0 aliphatic rings. The fourth-order valence-corrected chi connectivity index (χ4v) is 20.3. The number of benzene rings is 22. The number of para-hydroxylation sites is 3. The second-order valence-electron chi connectivity index (χ2n) is 33.7. The third-order valence-corrected chi connectivity index (χ3v) is 26.3. The minimum absolute atomic E-state index is 0.842. The molecule has 28 rings (SSSR count). The van der Waals surface area contributed by atoms with Crippen LogP contribution in [0.5, 0.6) is 0 Å². The molecule has 0 unspecified atom stereocenters. The molecule has 604 valence electrons. The molecule has 0 atom stereocenters. The van der Waals surface area contributed by atoms with Crippen LogP contribution < -0.4 is 0 Å². The van der Waals surface area contributed by atoms with E-state index in [1.54, 1.807) is 0 Å². The zero-order valence-electron chi connectivity index (χ0n) is 70.2. The number of hydrogen-bond donors (Lipinski definition) is 0. The first-order valence-electron chi connectivity index (χ1n) is 44.0. The highest BCUT2D eigenvalue weighted by atomic mass is 16.3. The van der Waals surface area contributed by atoms with Gasteiger partial charge in [-0.25, -0.2) is 15.0 Å². The van der Waals surface area contributed by atoms with E-state index in [1.807, 2.05) is 18.6 Å². The minimum atomic E-state index is 0.842. The number of hydrogen-bond acceptors (Lipinski definition) is 9. The summed E-state index contributed by atoms with van der Waals surface area (Å²) in [6.07, 6.45) is 5.70. The summed E-state index contributed by atoms with van der Waals surface area (Å²) < 4.78 is 20.0. The van der Waals surface area contributed by atoms with E-state index < -0.39 is 0 Å². The molecule has 22 aromatic carbocycles. The molecule has 6 aromatic heterocycles. The molecular weight excluding hydrogens is 1590 g/mol. The van der Waals surface area contributed by atoms with Crippen molar-refractivity contribution in [2.75, 3.05) is 0 Å². The van der Waals surface area contributed by atoms with Gasteiger partial charge in [0.1, 0.15) is 33.5 Å². The summed E-state index contributed by atoms with van der Waals surface area (Å²) in [5.74, 6) is 0. The van der Waals surface area contributed by atoms with Crippen molar-refractivity contribution in [2.24, 2.45) is 0 Å². The molecule has 0 amide bonds. The highest BCUT2D eigenvalue weighted by molar-refractivity contribution is 6.29. The Balaban J connectivity index is 0.000000103. The maximum absolute atomic E-state index is 6.90. The summed E-state index contributed by atoms with van der Waals surface area (Å²) >= 11 is 0. The summed E-state index contributed by atoms with van der Waals surface area (Å²) in [6.45, 7) is 2.13. The smallest absolute Gasteiger partial charge is 0.143 e. The van der Waals surface area contributed by atoms with E-state index in [4.69, 9.17) is 43.2 Å². The van der Waals surface area contributed by atoms with Gasteiger partial charge in [-0.3, -0.25) is 15.0 Å². The average Bonchev–Trinajstić information content (AvgIpc) is 1.60. The average molecular weight is 1660 g/mol. The third-order valence-electron chi connectivity index (χ3n) is 26.3. The van der Waals surface area contributed by atoms with Crippen LogP contribution in [0.25, 0.3) is 274 Å². The van der Waals surface area contributed by atoms with Gasteiger partial charge in [-0.05, 0) is 130 Å². The minimum Gasteiger partial charge on any atom is -0.455 e. The van der Waals surface area contributed by atoms with Crippen molar-refractivity contribution in [3.8, 4) is 78.3 Å². The van der Waals surface area contributed by atoms with Gasteiger partial charge in [0.2, 0.25) is 0 Å². The van der Waals surface area contributed by atoms with Crippen LogP contribution in [0.2, 0.25) is 0 Å². The van der Waals surface area contributed by atoms with Gasteiger partial charge in [0, 0.05) is 104 Å². The van der Waals surface area contributed by atoms with Gasteiger partial charge in [-0.1, -0.05) is 370 Å². The van der Waals surface area contributed by atoms with Crippen molar-refractivity contribution >= 4 is 196 Å². The van der Waals surface area contributed by atoms with E-state index in [0.717, 1.165) is 204 Å². The van der Waals surface area contributed by atoms with E-state index in [9.17, 15) is 0 Å². The van der Waals surface area contributed by atoms with Crippen LogP contribution in [0.1, 0.15) is 5.56 Å². The Labute approximate surface area is 743 Å². The Morgan fingerprint density at radius 2 is 0.485 bits per heavy atom. The largest absolute Gasteiger partial charge is 0.455 e. The van der Waals surface area contributed by atoms with Gasteiger partial charge in [-0.2, -0.15) is 0 Å². The Bertz CT molecular complexity index is 9500. The molecule has 28 aromatic rings. The number of furan rings is 3. The number of rotatable bonds is 7. The Hall–Kier alpha value is -17.4. The molecule has 0 bridgehead atoms. The molecule has 0 saturated carbocycles. The maximum atomic E-state index is 6.90. The molecule has 9 heteroatoms. The molecule has 0 spiro atoms. The van der Waals surface area contributed by atoms with E-state index in [1.165, 1.54) is 75.4 Å². The number of aromatic nitrogens is 6. The molecule has 6 heterocycles. The molecular formula is C121H72N6O3. The highest BCUT2D eigenvalue weighted by Crippen LogP contribution is 2.48. The predicted molar refractivity (Wildman–Crippen MR) is 541 cm³/mol. The molecule has 0 aliphatic carbocycles. The topological polar surface area (TPSA) is 117 Å². The zero-order chi connectivity index (χ0) is 85.6. The fourth-order valence-electron chi connectivity index (χ4n) is 20.3. The lowest BCUT2D eigenvalue weighted by atomic mass is 9.95. The molecule has 130 heavy (non-hydrogen) atoms. The van der Waals surface area contributed by atoms with Gasteiger partial charge in [0.05, 0.1) is 68.8 Å². The normalized spacial score (nSPS) is 11.9. The van der Waals surface area contributed by atoms with Crippen LogP contribution in [-0.4, -0.2) is 29.9 Å². The zero-order valence-corrected chi connectivity index (χ0v) is 70.2. The van der Waals surface area contributed by atoms with Crippen molar-refractivity contribution in [2.45, 2.75) is 6.92 Å². The van der Waals surface area contributed by atoms with E-state index in [2.05, 4.69) is 407 Å². The lowest BCUT2D eigenvalue weighted by molar-refractivity contribution is 0.667. The van der Waals surface area contributed by atoms with Gasteiger partial charge in [0.15, 0.2) is 0 Å². The Kier molecular flexibility index (Phi) is 17.0. The fraction of sp³-hybridized carbons (Fsp3) is 0.00826. The van der Waals surface area contributed by atoms with Crippen molar-refractivity contribution in [3.05, 3.63) is 425 Å². The number of nitrogens with zero attached hydrogens (tertiary/aromatic N) is 6. The molecule has 0 aliphatic heterocycles. The first kappa shape index (κ1) is 74.1. The van der Waals surface area contributed by atoms with E-state index >= 15 is 0 Å².